The molecule has 20 heteroatoms. The Kier molecular flexibility index (Phi) is 13.8. The molecule has 0 spiro atoms. The molecule has 0 aliphatic heterocycles. The molecule has 0 amide bonds. The maximum absolute atomic E-state index is 12.8. The van der Waals surface area contributed by atoms with Gasteiger partial charge in [-0.05, 0) is 79.4 Å². The zero-order valence-electron chi connectivity index (χ0n) is 37.8. The van der Waals surface area contributed by atoms with E-state index in [9.17, 15) is 16.8 Å². The zero-order valence-corrected chi connectivity index (χ0v) is 41.1. The van der Waals surface area contributed by atoms with Crippen molar-refractivity contribution >= 4 is 76.2 Å². The third-order valence-electron chi connectivity index (χ3n) is 10.3. The SMILES string of the molecule is CC(C)(C)NS(=O)(=O)c1cnc(-c2nc(NCc3ccccn3)c3c(-c4ccccc4)cccc3n2)s1.NS(=O)(=O)c1cnc(-c2nc(NCc3ccccn3)c3c(-c4ccccc4)cccc3n2)s1. The van der Waals surface area contributed by atoms with E-state index < -0.39 is 25.6 Å². The third kappa shape index (κ3) is 11.2. The van der Waals surface area contributed by atoms with E-state index in [1.807, 2.05) is 133 Å². The molecule has 0 atom stereocenters. The van der Waals surface area contributed by atoms with Crippen molar-refractivity contribution in [3.8, 4) is 43.9 Å². The van der Waals surface area contributed by atoms with Crippen LogP contribution in [0.4, 0.5) is 11.6 Å². The standard InChI is InChI=1S/C27H26N6O2S2.C23H18N6O2S2/c1-27(2,3)33-37(34,35)22-17-30-26(36-22)25-31-21-14-9-13-20(18-10-5-4-6-11-18)23(21)24(32-25)29-16-19-12-7-8-15-28-19;24-33(30,31)19-14-27-23(32-19)22-28-18-11-6-10-17(15-7-2-1-3-8-15)20(18)21(29-22)26-13-16-9-4-5-12-25-16/h4-15,17,33H,16H2,1-3H3,(H,29,31,32);1-12,14H,13H2,(H2,24,30,31)(H,26,28,29). The van der Waals surface area contributed by atoms with Crippen LogP contribution in [-0.2, 0) is 33.1 Å². The molecule has 0 saturated heterocycles. The van der Waals surface area contributed by atoms with Gasteiger partial charge in [0.1, 0.15) is 11.6 Å². The summed E-state index contributed by atoms with van der Waals surface area (Å²) in [5.41, 5.74) is 6.58. The van der Waals surface area contributed by atoms with Crippen LogP contribution in [0, 0.1) is 0 Å². The lowest BCUT2D eigenvalue weighted by atomic mass is 10.0. The van der Waals surface area contributed by atoms with Crippen molar-refractivity contribution < 1.29 is 16.8 Å². The molecule has 4 aromatic carbocycles. The van der Waals surface area contributed by atoms with Gasteiger partial charge in [-0.25, -0.2) is 56.6 Å². The quantitative estimate of drug-likeness (QED) is 0.0842. The lowest BCUT2D eigenvalue weighted by Crippen LogP contribution is -2.40. The van der Waals surface area contributed by atoms with E-state index in [4.69, 9.17) is 20.1 Å². The molecular formula is C50H44N12O4S4. The number of nitrogens with zero attached hydrogens (tertiary/aromatic N) is 8. The van der Waals surface area contributed by atoms with Crippen LogP contribution in [0.25, 0.3) is 65.7 Å². The van der Waals surface area contributed by atoms with Gasteiger partial charge >= 0.3 is 0 Å². The molecule has 16 nitrogen and oxygen atoms in total. The second-order valence-corrected chi connectivity index (χ2v) is 22.4. The molecule has 6 aromatic heterocycles. The molecule has 70 heavy (non-hydrogen) atoms. The van der Waals surface area contributed by atoms with Crippen molar-refractivity contribution in [3.05, 3.63) is 170 Å². The molecule has 352 valence electrons. The molecule has 0 fully saturated rings. The molecule has 0 unspecified atom stereocenters. The summed E-state index contributed by atoms with van der Waals surface area (Å²) in [6.45, 7) is 6.30. The highest BCUT2D eigenvalue weighted by atomic mass is 32.3. The molecule has 6 heterocycles. The molecule has 0 bridgehead atoms. The van der Waals surface area contributed by atoms with Crippen molar-refractivity contribution in [2.75, 3.05) is 10.6 Å². The van der Waals surface area contributed by atoms with Crippen LogP contribution in [0.3, 0.4) is 0 Å². The first-order chi connectivity index (χ1) is 33.7. The molecule has 0 aliphatic rings. The fourth-order valence-electron chi connectivity index (χ4n) is 7.32. The lowest BCUT2D eigenvalue weighted by molar-refractivity contribution is 0.492. The van der Waals surface area contributed by atoms with E-state index in [1.54, 1.807) is 33.2 Å². The van der Waals surface area contributed by atoms with Gasteiger partial charge in [-0.3, -0.25) is 9.97 Å². The van der Waals surface area contributed by atoms with Gasteiger partial charge in [0.25, 0.3) is 10.0 Å². The van der Waals surface area contributed by atoms with Crippen LogP contribution < -0.4 is 20.5 Å². The van der Waals surface area contributed by atoms with Crippen molar-refractivity contribution in [3.63, 3.8) is 0 Å². The van der Waals surface area contributed by atoms with E-state index in [-0.39, 0.29) is 8.42 Å². The smallest absolute Gasteiger partial charge is 0.252 e. The van der Waals surface area contributed by atoms with E-state index in [2.05, 4.69) is 40.3 Å². The number of aromatic nitrogens is 8. The highest BCUT2D eigenvalue weighted by molar-refractivity contribution is 7.91. The molecule has 10 aromatic rings. The lowest BCUT2D eigenvalue weighted by Gasteiger charge is -2.19. The number of primary sulfonamides is 1. The first-order valence-electron chi connectivity index (χ1n) is 21.7. The summed E-state index contributed by atoms with van der Waals surface area (Å²) in [6, 6.07) is 43.3. The number of hydrogen-bond donors (Lipinski definition) is 4. The van der Waals surface area contributed by atoms with E-state index in [0.29, 0.717) is 51.9 Å². The Morgan fingerprint density at radius 3 is 1.37 bits per heavy atom. The first kappa shape index (κ1) is 47.6. The van der Waals surface area contributed by atoms with E-state index in [0.717, 1.165) is 72.6 Å². The van der Waals surface area contributed by atoms with Gasteiger partial charge in [-0.2, -0.15) is 0 Å². The Balaban J connectivity index is 0.000000175. The van der Waals surface area contributed by atoms with E-state index >= 15 is 0 Å². The maximum atomic E-state index is 12.8. The predicted octanol–water partition coefficient (Wildman–Crippen LogP) is 9.58. The summed E-state index contributed by atoms with van der Waals surface area (Å²) in [5.74, 6) is 1.89. The maximum Gasteiger partial charge on any atom is 0.252 e. The Morgan fingerprint density at radius 2 is 0.957 bits per heavy atom. The number of pyridine rings is 2. The summed E-state index contributed by atoms with van der Waals surface area (Å²) >= 11 is 1.98. The molecule has 0 aliphatic carbocycles. The molecule has 10 rings (SSSR count). The van der Waals surface area contributed by atoms with Crippen molar-refractivity contribution in [1.82, 2.24) is 44.6 Å². The number of rotatable bonds is 13. The molecule has 0 radical (unpaired) electrons. The topological polar surface area (TPSA) is 234 Å². The molecule has 0 saturated carbocycles. The highest BCUT2D eigenvalue weighted by Gasteiger charge is 2.26. The van der Waals surface area contributed by atoms with Crippen LogP contribution in [0.1, 0.15) is 32.2 Å². The van der Waals surface area contributed by atoms with Gasteiger partial charge < -0.3 is 10.6 Å². The normalized spacial score (nSPS) is 11.8. The number of anilines is 2. The Labute approximate surface area is 412 Å². The monoisotopic (exact) mass is 1000 g/mol. The predicted molar refractivity (Wildman–Crippen MR) is 277 cm³/mol. The van der Waals surface area contributed by atoms with Gasteiger partial charge in [0, 0.05) is 17.9 Å². The second kappa shape index (κ2) is 20.2. The van der Waals surface area contributed by atoms with Crippen LogP contribution >= 0.6 is 22.7 Å². The number of hydrogen-bond acceptors (Lipinski definition) is 16. The number of nitrogens with one attached hydrogen (secondary N) is 3. The minimum absolute atomic E-state index is 0.0396. The van der Waals surface area contributed by atoms with Crippen LogP contribution in [0.5, 0.6) is 0 Å². The Morgan fingerprint density at radius 1 is 0.514 bits per heavy atom. The summed E-state index contributed by atoms with van der Waals surface area (Å²) in [7, 11) is -7.58. The number of benzene rings is 4. The van der Waals surface area contributed by atoms with Gasteiger partial charge in [-0.15, -0.1) is 0 Å². The second-order valence-electron chi connectivity index (χ2n) is 16.6. The Bertz CT molecular complexity index is 3670. The first-order valence-corrected chi connectivity index (χ1v) is 26.3. The zero-order chi connectivity index (χ0) is 48.9. The van der Waals surface area contributed by atoms with Crippen molar-refractivity contribution in [1.29, 1.82) is 0 Å². The summed E-state index contributed by atoms with van der Waals surface area (Å²) < 4.78 is 51.8. The van der Waals surface area contributed by atoms with Crippen molar-refractivity contribution in [2.24, 2.45) is 5.14 Å². The molecule has 5 N–H and O–H groups in total. The number of nitrogens with two attached hydrogens (primary N) is 1. The summed E-state index contributed by atoms with van der Waals surface area (Å²) in [6.07, 6.45) is 6.06. The number of thiazole rings is 2. The van der Waals surface area contributed by atoms with Crippen LogP contribution in [-0.4, -0.2) is 62.2 Å². The summed E-state index contributed by atoms with van der Waals surface area (Å²) in [5, 5.41) is 14.6. The number of fused-ring (bicyclic) bond motifs is 2. The fraction of sp³-hybridized carbons (Fsp3) is 0.120. The van der Waals surface area contributed by atoms with Crippen molar-refractivity contribution in [2.45, 2.75) is 47.8 Å². The van der Waals surface area contributed by atoms with E-state index in [1.165, 1.54) is 12.4 Å². The van der Waals surface area contributed by atoms with Crippen LogP contribution in [0.2, 0.25) is 0 Å². The minimum atomic E-state index is -3.86. The van der Waals surface area contributed by atoms with Gasteiger partial charge in [0.05, 0.1) is 58.7 Å². The Hall–Kier alpha value is -7.46. The van der Waals surface area contributed by atoms with Gasteiger partial charge in [-0.1, -0.05) is 120 Å². The third-order valence-corrected chi connectivity index (χ3v) is 15.9. The van der Waals surface area contributed by atoms with Crippen LogP contribution in [0.15, 0.2) is 167 Å². The minimum Gasteiger partial charge on any atom is -0.364 e. The summed E-state index contributed by atoms with van der Waals surface area (Å²) in [4.78, 5) is 36.4. The molecular weight excluding hydrogens is 961 g/mol. The largest absolute Gasteiger partial charge is 0.364 e. The number of sulfonamides is 2. The highest BCUT2D eigenvalue weighted by Crippen LogP contribution is 2.37. The van der Waals surface area contributed by atoms with Gasteiger partial charge in [0.2, 0.25) is 10.0 Å². The average molecular weight is 1010 g/mol. The van der Waals surface area contributed by atoms with Gasteiger partial charge in [0.15, 0.2) is 30.1 Å². The fourth-order valence-corrected chi connectivity index (χ4v) is 11.3. The average Bonchev–Trinajstić information content (AvgIpc) is 4.08.